The number of aromatic hydroxyl groups is 1. The van der Waals surface area contributed by atoms with Gasteiger partial charge in [0, 0.05) is 23.8 Å². The van der Waals surface area contributed by atoms with Crippen LogP contribution in [0.5, 0.6) is 5.75 Å². The van der Waals surface area contributed by atoms with Crippen LogP contribution in [0, 0.1) is 0 Å². The highest BCUT2D eigenvalue weighted by atomic mass is 32.1. The van der Waals surface area contributed by atoms with Gasteiger partial charge in [0.1, 0.15) is 5.82 Å². The highest BCUT2D eigenvalue weighted by molar-refractivity contribution is 7.08. The average Bonchev–Trinajstić information content (AvgIpc) is 3.32. The molecule has 34 heavy (non-hydrogen) atoms. The molecule has 4 aromatic rings. The van der Waals surface area contributed by atoms with Crippen LogP contribution in [-0.4, -0.2) is 27.0 Å². The highest BCUT2D eigenvalue weighted by Gasteiger charge is 2.20. The van der Waals surface area contributed by atoms with Crippen LogP contribution in [0.25, 0.3) is 11.4 Å². The first kappa shape index (κ1) is 22.7. The average molecular weight is 476 g/mol. The van der Waals surface area contributed by atoms with Crippen molar-refractivity contribution in [3.8, 4) is 17.1 Å². The second-order valence-electron chi connectivity index (χ2n) is 7.27. The van der Waals surface area contributed by atoms with Crippen molar-refractivity contribution in [1.29, 1.82) is 0 Å². The SMILES string of the molecule is O=C(NCc1ccccc1)Nc1cscc1-c1nc(C(=O)NCc2ccccc2)c(O)c(=O)[nH]1. The van der Waals surface area contributed by atoms with Crippen LogP contribution in [0.2, 0.25) is 0 Å². The van der Waals surface area contributed by atoms with Gasteiger partial charge in [-0.2, -0.15) is 0 Å². The van der Waals surface area contributed by atoms with Gasteiger partial charge in [-0.05, 0) is 11.1 Å². The first-order valence-corrected chi connectivity index (χ1v) is 11.3. The van der Waals surface area contributed by atoms with Gasteiger partial charge in [0.25, 0.3) is 11.5 Å². The molecule has 0 bridgehead atoms. The third-order valence-electron chi connectivity index (χ3n) is 4.87. The smallest absolute Gasteiger partial charge is 0.319 e. The second-order valence-corrected chi connectivity index (χ2v) is 8.02. The fourth-order valence-corrected chi connectivity index (χ4v) is 3.90. The van der Waals surface area contributed by atoms with Crippen LogP contribution < -0.4 is 21.5 Å². The van der Waals surface area contributed by atoms with E-state index in [-0.39, 0.29) is 12.4 Å². The van der Waals surface area contributed by atoms with E-state index in [9.17, 15) is 19.5 Å². The van der Waals surface area contributed by atoms with Gasteiger partial charge < -0.3 is 26.0 Å². The van der Waals surface area contributed by atoms with Crippen molar-refractivity contribution in [2.75, 3.05) is 5.32 Å². The van der Waals surface area contributed by atoms with Gasteiger partial charge in [0.05, 0.1) is 11.3 Å². The summed E-state index contributed by atoms with van der Waals surface area (Å²) in [7, 11) is 0. The molecule has 2 aromatic heterocycles. The Kier molecular flexibility index (Phi) is 6.99. The molecule has 2 heterocycles. The molecule has 0 fully saturated rings. The first-order chi connectivity index (χ1) is 16.5. The van der Waals surface area contributed by atoms with Crippen molar-refractivity contribution in [2.45, 2.75) is 13.1 Å². The van der Waals surface area contributed by atoms with Gasteiger partial charge in [0.2, 0.25) is 5.75 Å². The summed E-state index contributed by atoms with van der Waals surface area (Å²) in [5.74, 6) is -1.43. The number of carbonyl (C=O) groups excluding carboxylic acids is 2. The van der Waals surface area contributed by atoms with Crippen molar-refractivity contribution < 1.29 is 14.7 Å². The van der Waals surface area contributed by atoms with Crippen LogP contribution in [0.3, 0.4) is 0 Å². The minimum atomic E-state index is -0.861. The van der Waals surface area contributed by atoms with Gasteiger partial charge in [-0.25, -0.2) is 9.78 Å². The predicted molar refractivity (Wildman–Crippen MR) is 130 cm³/mol. The lowest BCUT2D eigenvalue weighted by atomic mass is 10.2. The van der Waals surface area contributed by atoms with Crippen molar-refractivity contribution >= 4 is 29.0 Å². The monoisotopic (exact) mass is 475 g/mol. The number of benzene rings is 2. The van der Waals surface area contributed by atoms with Crippen LogP contribution in [0.15, 0.2) is 76.2 Å². The molecule has 3 amide bonds. The first-order valence-electron chi connectivity index (χ1n) is 10.3. The number of nitrogens with one attached hydrogen (secondary N) is 4. The Hall–Kier alpha value is -4.44. The van der Waals surface area contributed by atoms with Gasteiger partial charge in [-0.1, -0.05) is 60.7 Å². The summed E-state index contributed by atoms with van der Waals surface area (Å²) in [4.78, 5) is 43.9. The summed E-state index contributed by atoms with van der Waals surface area (Å²) in [6.45, 7) is 0.544. The Morgan fingerprint density at radius 3 is 2.18 bits per heavy atom. The van der Waals surface area contributed by atoms with Crippen LogP contribution in [-0.2, 0) is 13.1 Å². The fraction of sp³-hybridized carbons (Fsp3) is 0.0833. The van der Waals surface area contributed by atoms with Crippen LogP contribution >= 0.6 is 11.3 Å². The number of rotatable bonds is 7. The van der Waals surface area contributed by atoms with E-state index in [1.807, 2.05) is 60.7 Å². The molecular weight excluding hydrogens is 454 g/mol. The standard InChI is InChI=1S/C24H21N5O4S/c30-20-19(22(31)25-11-15-7-3-1-4-8-15)28-21(29-23(20)32)17-13-34-14-18(17)27-24(33)26-12-16-9-5-2-6-10-16/h1-10,13-14,30H,11-12H2,(H,25,31)(H2,26,27,33)(H,28,29,32). The predicted octanol–water partition coefficient (Wildman–Crippen LogP) is 3.46. The molecule has 172 valence electrons. The number of H-pyrrole nitrogens is 1. The topological polar surface area (TPSA) is 136 Å². The minimum absolute atomic E-state index is 0.0484. The maximum absolute atomic E-state index is 12.6. The molecule has 0 aliphatic rings. The lowest BCUT2D eigenvalue weighted by Crippen LogP contribution is -2.28. The Morgan fingerprint density at radius 1 is 0.912 bits per heavy atom. The minimum Gasteiger partial charge on any atom is -0.501 e. The fourth-order valence-electron chi connectivity index (χ4n) is 3.14. The number of aromatic amines is 1. The number of urea groups is 1. The molecule has 5 N–H and O–H groups in total. The molecule has 0 saturated heterocycles. The van der Waals surface area contributed by atoms with Gasteiger partial charge in [-0.15, -0.1) is 11.3 Å². The number of carbonyl (C=O) groups is 2. The summed E-state index contributed by atoms with van der Waals surface area (Å²) in [5.41, 5.74) is 1.35. The molecule has 4 rings (SSSR count). The van der Waals surface area contributed by atoms with Gasteiger partial charge in [0.15, 0.2) is 5.69 Å². The maximum Gasteiger partial charge on any atom is 0.319 e. The number of hydrogen-bond acceptors (Lipinski definition) is 6. The molecule has 0 saturated carbocycles. The lowest BCUT2D eigenvalue weighted by molar-refractivity contribution is 0.0942. The largest absolute Gasteiger partial charge is 0.501 e. The number of thiophene rings is 1. The molecule has 0 spiro atoms. The van der Waals surface area contributed by atoms with E-state index in [2.05, 4.69) is 25.9 Å². The lowest BCUT2D eigenvalue weighted by Gasteiger charge is -2.10. The van der Waals surface area contributed by atoms with Crippen LogP contribution in [0.4, 0.5) is 10.5 Å². The van der Waals surface area contributed by atoms with Crippen molar-refractivity contribution in [3.05, 3.63) is 98.6 Å². The van der Waals surface area contributed by atoms with Crippen molar-refractivity contribution in [1.82, 2.24) is 20.6 Å². The van der Waals surface area contributed by atoms with E-state index in [1.54, 1.807) is 10.8 Å². The zero-order valence-electron chi connectivity index (χ0n) is 17.9. The second kappa shape index (κ2) is 10.5. The van der Waals surface area contributed by atoms with E-state index < -0.39 is 28.9 Å². The number of anilines is 1. The summed E-state index contributed by atoms with van der Waals surface area (Å²) in [6.07, 6.45) is 0. The van der Waals surface area contributed by atoms with E-state index in [0.29, 0.717) is 17.8 Å². The van der Waals surface area contributed by atoms with E-state index >= 15 is 0 Å². The molecule has 0 radical (unpaired) electrons. The zero-order chi connectivity index (χ0) is 23.9. The molecular formula is C24H21N5O4S. The molecule has 2 aromatic carbocycles. The maximum atomic E-state index is 12.6. The van der Waals surface area contributed by atoms with Gasteiger partial charge in [-0.3, -0.25) is 9.59 Å². The Balaban J connectivity index is 1.50. The number of nitrogens with zero attached hydrogens (tertiary/aromatic N) is 1. The molecule has 0 aliphatic carbocycles. The van der Waals surface area contributed by atoms with E-state index in [1.165, 1.54) is 11.3 Å². The molecule has 0 aliphatic heterocycles. The Labute approximate surface area is 198 Å². The number of aromatic nitrogens is 2. The third kappa shape index (κ3) is 5.48. The summed E-state index contributed by atoms with van der Waals surface area (Å²) in [5, 5.41) is 21.6. The number of amides is 3. The van der Waals surface area contributed by atoms with Crippen LogP contribution in [0.1, 0.15) is 21.6 Å². The normalized spacial score (nSPS) is 10.5. The summed E-state index contributed by atoms with van der Waals surface area (Å²) >= 11 is 1.28. The molecule has 9 nitrogen and oxygen atoms in total. The summed E-state index contributed by atoms with van der Waals surface area (Å²) in [6, 6.07) is 18.2. The highest BCUT2D eigenvalue weighted by Crippen LogP contribution is 2.29. The molecule has 0 atom stereocenters. The zero-order valence-corrected chi connectivity index (χ0v) is 18.7. The van der Waals surface area contributed by atoms with Gasteiger partial charge >= 0.3 is 6.03 Å². The third-order valence-corrected chi connectivity index (χ3v) is 5.61. The number of hydrogen-bond donors (Lipinski definition) is 5. The van der Waals surface area contributed by atoms with Crippen molar-refractivity contribution in [3.63, 3.8) is 0 Å². The summed E-state index contributed by atoms with van der Waals surface area (Å²) < 4.78 is 0. The molecule has 10 heteroatoms. The quantitative estimate of drug-likeness (QED) is 0.279. The Morgan fingerprint density at radius 2 is 1.53 bits per heavy atom. The molecule has 0 unspecified atom stereocenters. The Bertz CT molecular complexity index is 1350. The van der Waals surface area contributed by atoms with E-state index in [4.69, 9.17) is 0 Å². The van der Waals surface area contributed by atoms with Crippen molar-refractivity contribution in [2.24, 2.45) is 0 Å². The van der Waals surface area contributed by atoms with E-state index in [0.717, 1.165) is 11.1 Å².